The molecule has 2 heteroatoms. The van der Waals surface area contributed by atoms with Crippen molar-refractivity contribution in [2.75, 3.05) is 0 Å². The summed E-state index contributed by atoms with van der Waals surface area (Å²) in [7, 11) is 0. The molecule has 0 amide bonds. The van der Waals surface area contributed by atoms with Gasteiger partial charge < -0.3 is 0 Å². The highest BCUT2D eigenvalue weighted by atomic mass is 14.6. The van der Waals surface area contributed by atoms with E-state index >= 15 is 0 Å². The number of hydrogen-bond donors (Lipinski definition) is 0. The van der Waals surface area contributed by atoms with Crippen molar-refractivity contribution < 1.29 is 0 Å². The molecule has 2 heterocycles. The second-order valence-corrected chi connectivity index (χ2v) is 13.5. The second-order valence-electron chi connectivity index (χ2n) is 13.5. The molecule has 2 aromatic heterocycles. The molecule has 0 aliphatic heterocycles. The summed E-state index contributed by atoms with van der Waals surface area (Å²) in [5.41, 5.74) is 18.8. The molecule has 0 unspecified atom stereocenters. The summed E-state index contributed by atoms with van der Waals surface area (Å²) in [6, 6.07) is 70.0. The molecule has 0 spiro atoms. The van der Waals surface area contributed by atoms with Gasteiger partial charge in [0.05, 0.1) is 0 Å². The first-order valence-electron chi connectivity index (χ1n) is 18.3. The minimum absolute atomic E-state index is 1.15. The van der Waals surface area contributed by atoms with Crippen LogP contribution < -0.4 is 0 Å². The molecule has 0 aliphatic carbocycles. The fourth-order valence-electron chi connectivity index (χ4n) is 7.27. The fourth-order valence-corrected chi connectivity index (χ4v) is 7.27. The zero-order valence-electron chi connectivity index (χ0n) is 29.7. The van der Waals surface area contributed by atoms with Gasteiger partial charge in [-0.3, -0.25) is 9.97 Å². The van der Waals surface area contributed by atoms with E-state index in [0.29, 0.717) is 0 Å². The third kappa shape index (κ3) is 6.77. The molecule has 9 aromatic rings. The molecule has 0 saturated carbocycles. The largest absolute Gasteiger partial charge is 0.265 e. The maximum Gasteiger partial charge on any atom is 0.0273 e. The van der Waals surface area contributed by atoms with Gasteiger partial charge in [-0.1, -0.05) is 158 Å². The van der Waals surface area contributed by atoms with Gasteiger partial charge in [-0.05, 0) is 125 Å². The lowest BCUT2D eigenvalue weighted by Crippen LogP contribution is -1.93. The van der Waals surface area contributed by atoms with Crippen molar-refractivity contribution in [2.24, 2.45) is 0 Å². The van der Waals surface area contributed by atoms with Crippen LogP contribution in [-0.2, 0) is 0 Å². The van der Waals surface area contributed by atoms with E-state index in [-0.39, 0.29) is 0 Å². The van der Waals surface area contributed by atoms with Crippen molar-refractivity contribution in [1.82, 2.24) is 9.97 Å². The molecule has 0 N–H and O–H groups in total. The molecule has 7 aromatic carbocycles. The van der Waals surface area contributed by atoms with Gasteiger partial charge in [0, 0.05) is 24.8 Å². The molecule has 54 heavy (non-hydrogen) atoms. The molecule has 254 valence electrons. The van der Waals surface area contributed by atoms with Crippen LogP contribution >= 0.6 is 0 Å². The Bertz CT molecular complexity index is 2240. The van der Waals surface area contributed by atoms with Crippen LogP contribution in [0.1, 0.15) is 0 Å². The van der Waals surface area contributed by atoms with Crippen molar-refractivity contribution in [3.8, 4) is 89.0 Å². The molecule has 0 fully saturated rings. The molecule has 0 bridgehead atoms. The SMILES string of the molecule is c1ccc(-c2ccc(-c3cc(-c4ccc(-c5ccccc5)cc4)c(-c4ccc(-c5ccncc5)cc4)cc3-c3ccc(-c4ccncc4)cc3)cc2)cc1. The number of aromatic nitrogens is 2. The summed E-state index contributed by atoms with van der Waals surface area (Å²) >= 11 is 0. The average molecular weight is 689 g/mol. The molecular weight excluding hydrogens is 653 g/mol. The zero-order valence-corrected chi connectivity index (χ0v) is 29.7. The van der Waals surface area contributed by atoms with E-state index in [1.807, 2.05) is 24.8 Å². The Hall–Kier alpha value is -7.16. The predicted molar refractivity (Wildman–Crippen MR) is 226 cm³/mol. The first kappa shape index (κ1) is 32.7. The van der Waals surface area contributed by atoms with Gasteiger partial charge in [0.15, 0.2) is 0 Å². The van der Waals surface area contributed by atoms with E-state index in [1.165, 1.54) is 55.6 Å². The minimum atomic E-state index is 1.15. The van der Waals surface area contributed by atoms with Crippen molar-refractivity contribution in [2.45, 2.75) is 0 Å². The first-order valence-corrected chi connectivity index (χ1v) is 18.3. The Balaban J connectivity index is 1.23. The molecule has 0 radical (unpaired) electrons. The maximum atomic E-state index is 4.22. The summed E-state index contributed by atoms with van der Waals surface area (Å²) in [4.78, 5) is 8.44. The Morgan fingerprint density at radius 2 is 0.389 bits per heavy atom. The van der Waals surface area contributed by atoms with Gasteiger partial charge in [0.2, 0.25) is 0 Å². The number of rotatable bonds is 8. The Morgan fingerprint density at radius 3 is 0.648 bits per heavy atom. The number of hydrogen-bond acceptors (Lipinski definition) is 2. The van der Waals surface area contributed by atoms with Gasteiger partial charge in [-0.15, -0.1) is 0 Å². The van der Waals surface area contributed by atoms with Gasteiger partial charge in [-0.25, -0.2) is 0 Å². The van der Waals surface area contributed by atoms with E-state index in [2.05, 4.69) is 204 Å². The van der Waals surface area contributed by atoms with E-state index in [4.69, 9.17) is 0 Å². The van der Waals surface area contributed by atoms with Crippen molar-refractivity contribution >= 4 is 0 Å². The Kier molecular flexibility index (Phi) is 8.99. The van der Waals surface area contributed by atoms with Gasteiger partial charge in [0.1, 0.15) is 0 Å². The number of pyridine rings is 2. The van der Waals surface area contributed by atoms with Crippen molar-refractivity contribution in [1.29, 1.82) is 0 Å². The number of nitrogens with zero attached hydrogens (tertiary/aromatic N) is 2. The third-order valence-corrected chi connectivity index (χ3v) is 10.2. The molecule has 2 nitrogen and oxygen atoms in total. The summed E-state index contributed by atoms with van der Waals surface area (Å²) < 4.78 is 0. The van der Waals surface area contributed by atoms with E-state index in [0.717, 1.165) is 33.4 Å². The van der Waals surface area contributed by atoms with E-state index in [9.17, 15) is 0 Å². The van der Waals surface area contributed by atoms with Gasteiger partial charge in [0.25, 0.3) is 0 Å². The van der Waals surface area contributed by atoms with Crippen LogP contribution in [0.2, 0.25) is 0 Å². The van der Waals surface area contributed by atoms with Crippen LogP contribution in [0.4, 0.5) is 0 Å². The monoisotopic (exact) mass is 688 g/mol. The normalized spacial score (nSPS) is 11.0. The van der Waals surface area contributed by atoms with Crippen molar-refractivity contribution in [3.63, 3.8) is 0 Å². The summed E-state index contributed by atoms with van der Waals surface area (Å²) in [5.74, 6) is 0. The highest BCUT2D eigenvalue weighted by Gasteiger charge is 2.17. The molecule has 0 atom stereocenters. The van der Waals surface area contributed by atoms with Crippen LogP contribution in [0, 0.1) is 0 Å². The topological polar surface area (TPSA) is 25.8 Å². The molecule has 0 saturated heterocycles. The van der Waals surface area contributed by atoms with Crippen LogP contribution in [0.5, 0.6) is 0 Å². The summed E-state index contributed by atoms with van der Waals surface area (Å²) in [6.07, 6.45) is 7.38. The summed E-state index contributed by atoms with van der Waals surface area (Å²) in [5, 5.41) is 0. The predicted octanol–water partition coefficient (Wildman–Crippen LogP) is 13.8. The average Bonchev–Trinajstić information content (AvgIpc) is 3.27. The van der Waals surface area contributed by atoms with Crippen LogP contribution in [0.3, 0.4) is 0 Å². The fraction of sp³-hybridized carbons (Fsp3) is 0. The van der Waals surface area contributed by atoms with Crippen LogP contribution in [0.15, 0.2) is 219 Å². The molecular formula is C52H36N2. The maximum absolute atomic E-state index is 4.22. The quantitative estimate of drug-likeness (QED) is 0.159. The lowest BCUT2D eigenvalue weighted by Gasteiger charge is -2.19. The van der Waals surface area contributed by atoms with E-state index < -0.39 is 0 Å². The third-order valence-electron chi connectivity index (χ3n) is 10.2. The molecule has 9 rings (SSSR count). The Labute approximate surface area is 316 Å². The molecule has 0 aliphatic rings. The van der Waals surface area contributed by atoms with E-state index in [1.54, 1.807) is 0 Å². The Morgan fingerprint density at radius 1 is 0.185 bits per heavy atom. The van der Waals surface area contributed by atoms with Crippen LogP contribution in [-0.4, -0.2) is 9.97 Å². The van der Waals surface area contributed by atoms with Gasteiger partial charge >= 0.3 is 0 Å². The smallest absolute Gasteiger partial charge is 0.0273 e. The zero-order chi connectivity index (χ0) is 36.1. The van der Waals surface area contributed by atoms with Crippen molar-refractivity contribution in [3.05, 3.63) is 219 Å². The highest BCUT2D eigenvalue weighted by Crippen LogP contribution is 2.43. The summed E-state index contributed by atoms with van der Waals surface area (Å²) in [6.45, 7) is 0. The second kappa shape index (κ2) is 14.8. The van der Waals surface area contributed by atoms with Gasteiger partial charge in [-0.2, -0.15) is 0 Å². The first-order chi connectivity index (χ1) is 26.8. The highest BCUT2D eigenvalue weighted by molar-refractivity contribution is 5.96. The minimum Gasteiger partial charge on any atom is -0.265 e. The lowest BCUT2D eigenvalue weighted by molar-refractivity contribution is 1.33. The number of benzene rings is 7. The lowest BCUT2D eigenvalue weighted by atomic mass is 9.84. The standard InChI is InChI=1S/C52H36N2/c1-3-7-37(8-4-1)39-11-19-45(20-12-39)49-35-50(46-21-13-40(14-22-46)38-9-5-2-6-10-38)52(48-25-17-42(18-26-48)44-29-33-54-34-30-44)36-51(49)47-23-15-41(16-24-47)43-27-31-53-32-28-43/h1-36H. The van der Waals surface area contributed by atoms with Crippen LogP contribution in [0.25, 0.3) is 89.0 Å².